The van der Waals surface area contributed by atoms with Crippen LogP contribution in [0.25, 0.3) is 11.0 Å². The van der Waals surface area contributed by atoms with Gasteiger partial charge < -0.3 is 14.5 Å². The van der Waals surface area contributed by atoms with Crippen LogP contribution >= 0.6 is 0 Å². The molecule has 2 aromatic heterocycles. The molecule has 0 unspecified atom stereocenters. The molecule has 5 nitrogen and oxygen atoms in total. The van der Waals surface area contributed by atoms with Crippen LogP contribution in [0.3, 0.4) is 0 Å². The van der Waals surface area contributed by atoms with Crippen LogP contribution in [0, 0.1) is 0 Å². The molecule has 1 N–H and O–H groups in total. The summed E-state index contributed by atoms with van der Waals surface area (Å²) >= 11 is 0. The third-order valence-electron chi connectivity index (χ3n) is 3.65. The average molecular weight is 310 g/mol. The number of aromatic nitrogens is 1. The first-order valence-electron chi connectivity index (χ1n) is 7.54. The zero-order valence-corrected chi connectivity index (χ0v) is 13.1. The Morgan fingerprint density at radius 3 is 2.83 bits per heavy atom. The summed E-state index contributed by atoms with van der Waals surface area (Å²) in [4.78, 5) is 16.5. The van der Waals surface area contributed by atoms with Crippen molar-refractivity contribution in [1.29, 1.82) is 0 Å². The number of nitrogens with one attached hydrogen (secondary N) is 1. The second kappa shape index (κ2) is 6.52. The van der Waals surface area contributed by atoms with Crippen LogP contribution in [0.2, 0.25) is 0 Å². The monoisotopic (exact) mass is 310 g/mol. The van der Waals surface area contributed by atoms with Crippen molar-refractivity contribution in [2.75, 3.05) is 6.61 Å². The Bertz CT molecular complexity index is 812. The Balaban J connectivity index is 1.86. The molecule has 0 aliphatic heterocycles. The number of ether oxygens (including phenoxy) is 1. The minimum Gasteiger partial charge on any atom is -0.493 e. The van der Waals surface area contributed by atoms with Gasteiger partial charge in [-0.1, -0.05) is 0 Å². The molecule has 0 aliphatic carbocycles. The standard InChI is InChI=1S/C18H18N2O3/c1-3-22-16-10-14(11-17-15(16)6-9-23-17)18(21)20-12(2)13-4-7-19-8-5-13/h4-12H,3H2,1-2H3,(H,20,21)/t12-/m1/s1. The molecule has 0 saturated carbocycles. The van der Waals surface area contributed by atoms with Crippen LogP contribution in [0.4, 0.5) is 0 Å². The molecule has 0 bridgehead atoms. The number of carbonyl (C=O) groups is 1. The zero-order chi connectivity index (χ0) is 16.2. The minimum atomic E-state index is -0.173. The first kappa shape index (κ1) is 15.1. The largest absolute Gasteiger partial charge is 0.493 e. The molecular weight excluding hydrogens is 292 g/mol. The molecule has 0 fully saturated rings. The molecule has 3 rings (SSSR count). The number of furan rings is 1. The molecule has 0 radical (unpaired) electrons. The Labute approximate surface area is 134 Å². The Morgan fingerprint density at radius 2 is 2.09 bits per heavy atom. The van der Waals surface area contributed by atoms with Gasteiger partial charge in [0.2, 0.25) is 0 Å². The van der Waals surface area contributed by atoms with E-state index in [1.165, 1.54) is 0 Å². The number of hydrogen-bond acceptors (Lipinski definition) is 4. The number of fused-ring (bicyclic) bond motifs is 1. The summed E-state index contributed by atoms with van der Waals surface area (Å²) in [5.41, 5.74) is 2.15. The second-order valence-electron chi connectivity index (χ2n) is 5.22. The van der Waals surface area contributed by atoms with Crippen molar-refractivity contribution >= 4 is 16.9 Å². The molecule has 0 spiro atoms. The van der Waals surface area contributed by atoms with Gasteiger partial charge in [0, 0.05) is 18.0 Å². The number of hydrogen-bond donors (Lipinski definition) is 1. The lowest BCUT2D eigenvalue weighted by Crippen LogP contribution is -2.26. The van der Waals surface area contributed by atoms with Crippen molar-refractivity contribution in [3.8, 4) is 5.75 Å². The number of amides is 1. The van der Waals surface area contributed by atoms with E-state index in [1.807, 2.05) is 32.0 Å². The fourth-order valence-electron chi connectivity index (χ4n) is 2.46. The molecular formula is C18H18N2O3. The van der Waals surface area contributed by atoms with Gasteiger partial charge in [0.1, 0.15) is 11.3 Å². The Morgan fingerprint density at radius 1 is 1.30 bits per heavy atom. The summed E-state index contributed by atoms with van der Waals surface area (Å²) < 4.78 is 11.0. The van der Waals surface area contributed by atoms with E-state index in [2.05, 4.69) is 10.3 Å². The lowest BCUT2D eigenvalue weighted by atomic mass is 10.1. The first-order chi connectivity index (χ1) is 11.2. The number of benzene rings is 1. The molecule has 1 amide bonds. The molecule has 1 atom stereocenters. The van der Waals surface area contributed by atoms with E-state index < -0.39 is 0 Å². The van der Waals surface area contributed by atoms with Crippen LogP contribution in [0.15, 0.2) is 53.4 Å². The molecule has 2 heterocycles. The summed E-state index contributed by atoms with van der Waals surface area (Å²) in [6.07, 6.45) is 5.01. The van der Waals surface area contributed by atoms with Crippen molar-refractivity contribution in [2.24, 2.45) is 0 Å². The molecule has 0 aliphatic rings. The summed E-state index contributed by atoms with van der Waals surface area (Å²) in [6.45, 7) is 4.37. The van der Waals surface area contributed by atoms with Gasteiger partial charge in [0.05, 0.1) is 24.3 Å². The topological polar surface area (TPSA) is 64.4 Å². The van der Waals surface area contributed by atoms with Crippen LogP contribution < -0.4 is 10.1 Å². The van der Waals surface area contributed by atoms with Crippen LogP contribution in [-0.4, -0.2) is 17.5 Å². The van der Waals surface area contributed by atoms with E-state index in [4.69, 9.17) is 9.15 Å². The lowest BCUT2D eigenvalue weighted by molar-refractivity contribution is 0.0939. The number of pyridine rings is 1. The predicted octanol–water partition coefficient (Wildman–Crippen LogP) is 3.72. The Kier molecular flexibility index (Phi) is 4.28. The molecule has 5 heteroatoms. The predicted molar refractivity (Wildman–Crippen MR) is 87.5 cm³/mol. The highest BCUT2D eigenvalue weighted by Crippen LogP contribution is 2.29. The van der Waals surface area contributed by atoms with E-state index in [1.54, 1.807) is 30.8 Å². The summed E-state index contributed by atoms with van der Waals surface area (Å²) in [6, 6.07) is 8.95. The maximum absolute atomic E-state index is 12.5. The smallest absolute Gasteiger partial charge is 0.252 e. The van der Waals surface area contributed by atoms with Crippen molar-refractivity contribution in [3.63, 3.8) is 0 Å². The Hall–Kier alpha value is -2.82. The third-order valence-corrected chi connectivity index (χ3v) is 3.65. The number of nitrogens with zero attached hydrogens (tertiary/aromatic N) is 1. The zero-order valence-electron chi connectivity index (χ0n) is 13.1. The molecule has 118 valence electrons. The van der Waals surface area contributed by atoms with E-state index in [-0.39, 0.29) is 11.9 Å². The minimum absolute atomic E-state index is 0.117. The normalized spacial score (nSPS) is 12.1. The average Bonchev–Trinajstić information content (AvgIpc) is 3.04. The summed E-state index contributed by atoms with van der Waals surface area (Å²) in [5.74, 6) is 0.481. The summed E-state index contributed by atoms with van der Waals surface area (Å²) in [5, 5.41) is 3.84. The quantitative estimate of drug-likeness (QED) is 0.780. The molecule has 1 aromatic carbocycles. The first-order valence-corrected chi connectivity index (χ1v) is 7.54. The summed E-state index contributed by atoms with van der Waals surface area (Å²) in [7, 11) is 0. The van der Waals surface area contributed by atoms with Crippen LogP contribution in [0.1, 0.15) is 35.8 Å². The van der Waals surface area contributed by atoms with Crippen molar-refractivity contribution in [1.82, 2.24) is 10.3 Å². The maximum Gasteiger partial charge on any atom is 0.252 e. The van der Waals surface area contributed by atoms with E-state index in [9.17, 15) is 4.79 Å². The van der Waals surface area contributed by atoms with Crippen molar-refractivity contribution < 1.29 is 13.9 Å². The molecule has 0 saturated heterocycles. The molecule has 3 aromatic rings. The van der Waals surface area contributed by atoms with Gasteiger partial charge in [0.25, 0.3) is 5.91 Å². The number of rotatable bonds is 5. The fraction of sp³-hybridized carbons (Fsp3) is 0.222. The van der Waals surface area contributed by atoms with Crippen molar-refractivity contribution in [3.05, 3.63) is 60.1 Å². The highest BCUT2D eigenvalue weighted by molar-refractivity contribution is 5.99. The van der Waals surface area contributed by atoms with Gasteiger partial charge >= 0.3 is 0 Å². The van der Waals surface area contributed by atoms with Gasteiger partial charge in [-0.25, -0.2) is 0 Å². The van der Waals surface area contributed by atoms with E-state index in [0.29, 0.717) is 23.5 Å². The van der Waals surface area contributed by atoms with Crippen LogP contribution in [-0.2, 0) is 0 Å². The highest BCUT2D eigenvalue weighted by atomic mass is 16.5. The number of carbonyl (C=O) groups excluding carboxylic acids is 1. The van der Waals surface area contributed by atoms with Gasteiger partial charge in [-0.05, 0) is 49.7 Å². The van der Waals surface area contributed by atoms with Gasteiger partial charge in [-0.3, -0.25) is 9.78 Å². The van der Waals surface area contributed by atoms with Crippen molar-refractivity contribution in [2.45, 2.75) is 19.9 Å². The van der Waals surface area contributed by atoms with Gasteiger partial charge in [-0.2, -0.15) is 0 Å². The molecule has 23 heavy (non-hydrogen) atoms. The van der Waals surface area contributed by atoms with Gasteiger partial charge in [0.15, 0.2) is 0 Å². The van der Waals surface area contributed by atoms with Gasteiger partial charge in [-0.15, -0.1) is 0 Å². The van der Waals surface area contributed by atoms with Crippen LogP contribution in [0.5, 0.6) is 5.75 Å². The fourth-order valence-corrected chi connectivity index (χ4v) is 2.46. The second-order valence-corrected chi connectivity index (χ2v) is 5.22. The van der Waals surface area contributed by atoms with E-state index >= 15 is 0 Å². The highest BCUT2D eigenvalue weighted by Gasteiger charge is 2.15. The SMILES string of the molecule is CCOc1cc(C(=O)N[C@H](C)c2ccncc2)cc2occc12. The third kappa shape index (κ3) is 3.18. The lowest BCUT2D eigenvalue weighted by Gasteiger charge is -2.15. The maximum atomic E-state index is 12.5. The van der Waals surface area contributed by atoms with E-state index in [0.717, 1.165) is 10.9 Å².